The highest BCUT2D eigenvalue weighted by molar-refractivity contribution is 9.09. The molecule has 5 heteroatoms. The Morgan fingerprint density at radius 1 is 1.50 bits per heavy atom. The lowest BCUT2D eigenvalue weighted by molar-refractivity contribution is 0.0761. The number of rotatable bonds is 6. The van der Waals surface area contributed by atoms with Crippen LogP contribution in [-0.2, 0) is 0 Å². The second-order valence-corrected chi connectivity index (χ2v) is 5.00. The van der Waals surface area contributed by atoms with Gasteiger partial charge >= 0.3 is 0 Å². The van der Waals surface area contributed by atoms with Gasteiger partial charge in [-0.15, -0.1) is 0 Å². The molecule has 0 N–H and O–H groups in total. The summed E-state index contributed by atoms with van der Waals surface area (Å²) >= 11 is 9.26. The summed E-state index contributed by atoms with van der Waals surface area (Å²) in [6, 6.07) is 5.07. The summed E-state index contributed by atoms with van der Waals surface area (Å²) in [6.07, 6.45) is 0.926. The van der Waals surface area contributed by atoms with Gasteiger partial charge in [0.05, 0.1) is 12.7 Å². The Kier molecular flexibility index (Phi) is 6.50. The predicted molar refractivity (Wildman–Crippen MR) is 78.0 cm³/mol. The Bertz CT molecular complexity index is 412. The summed E-state index contributed by atoms with van der Waals surface area (Å²) in [4.78, 5) is 14.2. The van der Waals surface area contributed by atoms with Crippen LogP contribution in [0.1, 0.15) is 23.7 Å². The van der Waals surface area contributed by atoms with Crippen LogP contribution < -0.4 is 4.74 Å². The molecule has 0 unspecified atom stereocenters. The fourth-order valence-electron chi connectivity index (χ4n) is 1.67. The standard InChI is InChI=1S/C13H17BrClNO2/c1-3-16(8-4-7-14)13(17)11-6-5-10(15)9-12(11)18-2/h5-6,9H,3-4,7-8H2,1-2H3. The van der Waals surface area contributed by atoms with Gasteiger partial charge < -0.3 is 9.64 Å². The molecule has 100 valence electrons. The van der Waals surface area contributed by atoms with Crippen LogP contribution in [0.15, 0.2) is 18.2 Å². The second-order valence-electron chi connectivity index (χ2n) is 3.77. The van der Waals surface area contributed by atoms with Crippen molar-refractivity contribution in [3.05, 3.63) is 28.8 Å². The third-order valence-corrected chi connectivity index (χ3v) is 3.42. The van der Waals surface area contributed by atoms with E-state index in [1.807, 2.05) is 6.92 Å². The maximum absolute atomic E-state index is 12.4. The van der Waals surface area contributed by atoms with Crippen molar-refractivity contribution in [3.8, 4) is 5.75 Å². The summed E-state index contributed by atoms with van der Waals surface area (Å²) in [5, 5.41) is 1.45. The second kappa shape index (κ2) is 7.64. The third kappa shape index (κ3) is 3.89. The highest BCUT2D eigenvalue weighted by atomic mass is 79.9. The topological polar surface area (TPSA) is 29.5 Å². The fraction of sp³-hybridized carbons (Fsp3) is 0.462. The number of ether oxygens (including phenoxy) is 1. The van der Waals surface area contributed by atoms with Crippen LogP contribution in [0.3, 0.4) is 0 Å². The number of nitrogens with zero attached hydrogens (tertiary/aromatic N) is 1. The van der Waals surface area contributed by atoms with Crippen LogP contribution in [0.2, 0.25) is 5.02 Å². The Balaban J connectivity index is 2.93. The molecular formula is C13H17BrClNO2. The molecule has 1 aromatic rings. The van der Waals surface area contributed by atoms with Gasteiger partial charge in [0, 0.05) is 23.4 Å². The monoisotopic (exact) mass is 333 g/mol. The molecule has 0 aliphatic rings. The molecule has 0 fully saturated rings. The minimum absolute atomic E-state index is 0.0213. The predicted octanol–water partition coefficient (Wildman–Crippen LogP) is 3.60. The summed E-state index contributed by atoms with van der Waals surface area (Å²) in [5.74, 6) is 0.497. The van der Waals surface area contributed by atoms with Gasteiger partial charge in [-0.1, -0.05) is 27.5 Å². The number of benzene rings is 1. The first-order valence-corrected chi connectivity index (χ1v) is 7.32. The molecule has 0 saturated carbocycles. The average molecular weight is 335 g/mol. The fourth-order valence-corrected chi connectivity index (χ4v) is 2.08. The first kappa shape index (κ1) is 15.3. The molecule has 1 rings (SSSR count). The minimum Gasteiger partial charge on any atom is -0.496 e. The number of carbonyl (C=O) groups excluding carboxylic acids is 1. The van der Waals surface area contributed by atoms with Crippen LogP contribution in [0.4, 0.5) is 0 Å². The lowest BCUT2D eigenvalue weighted by Gasteiger charge is -2.21. The van der Waals surface area contributed by atoms with E-state index in [-0.39, 0.29) is 5.91 Å². The van der Waals surface area contributed by atoms with Crippen LogP contribution in [0.25, 0.3) is 0 Å². The van der Waals surface area contributed by atoms with Gasteiger partial charge in [0.1, 0.15) is 5.75 Å². The molecule has 0 heterocycles. The smallest absolute Gasteiger partial charge is 0.257 e. The number of methoxy groups -OCH3 is 1. The molecule has 1 aromatic carbocycles. The molecule has 0 saturated heterocycles. The van der Waals surface area contributed by atoms with Crippen LogP contribution in [-0.4, -0.2) is 36.3 Å². The van der Waals surface area contributed by atoms with Gasteiger partial charge in [-0.05, 0) is 31.5 Å². The summed E-state index contributed by atoms with van der Waals surface area (Å²) in [5.41, 5.74) is 0.554. The molecule has 0 spiro atoms. The minimum atomic E-state index is -0.0213. The van der Waals surface area contributed by atoms with E-state index in [1.165, 1.54) is 7.11 Å². The number of alkyl halides is 1. The summed E-state index contributed by atoms with van der Waals surface area (Å²) in [6.45, 7) is 3.37. The number of hydrogen-bond acceptors (Lipinski definition) is 2. The molecule has 0 aliphatic carbocycles. The molecule has 0 atom stereocenters. The zero-order chi connectivity index (χ0) is 13.5. The van der Waals surface area contributed by atoms with Gasteiger partial charge in [-0.3, -0.25) is 4.79 Å². The van der Waals surface area contributed by atoms with E-state index >= 15 is 0 Å². The van der Waals surface area contributed by atoms with Crippen molar-refractivity contribution >= 4 is 33.4 Å². The average Bonchev–Trinajstić information content (AvgIpc) is 2.39. The van der Waals surface area contributed by atoms with E-state index in [2.05, 4.69) is 15.9 Å². The van der Waals surface area contributed by atoms with Gasteiger partial charge in [0.15, 0.2) is 0 Å². The molecule has 0 radical (unpaired) electrons. The van der Waals surface area contributed by atoms with Crippen molar-refractivity contribution < 1.29 is 9.53 Å². The van der Waals surface area contributed by atoms with Crippen LogP contribution in [0, 0.1) is 0 Å². The van der Waals surface area contributed by atoms with Gasteiger partial charge in [-0.25, -0.2) is 0 Å². The van der Waals surface area contributed by atoms with E-state index < -0.39 is 0 Å². The van der Waals surface area contributed by atoms with E-state index in [0.29, 0.717) is 22.9 Å². The Labute approximate surface area is 121 Å². The van der Waals surface area contributed by atoms with Gasteiger partial charge in [0.2, 0.25) is 0 Å². The van der Waals surface area contributed by atoms with E-state index in [0.717, 1.165) is 18.3 Å². The largest absolute Gasteiger partial charge is 0.496 e. The quantitative estimate of drug-likeness (QED) is 0.744. The number of halogens is 2. The van der Waals surface area contributed by atoms with Crippen molar-refractivity contribution in [2.75, 3.05) is 25.5 Å². The summed E-state index contributed by atoms with van der Waals surface area (Å²) < 4.78 is 5.21. The maximum Gasteiger partial charge on any atom is 0.257 e. The summed E-state index contributed by atoms with van der Waals surface area (Å²) in [7, 11) is 1.54. The molecular weight excluding hydrogens is 318 g/mol. The zero-order valence-electron chi connectivity index (χ0n) is 10.6. The van der Waals surface area contributed by atoms with Crippen molar-refractivity contribution in [2.24, 2.45) is 0 Å². The van der Waals surface area contributed by atoms with Crippen LogP contribution in [0.5, 0.6) is 5.75 Å². The number of carbonyl (C=O) groups is 1. The highest BCUT2D eigenvalue weighted by Gasteiger charge is 2.18. The van der Waals surface area contributed by atoms with E-state index in [1.54, 1.807) is 23.1 Å². The van der Waals surface area contributed by atoms with Gasteiger partial charge in [-0.2, -0.15) is 0 Å². The zero-order valence-corrected chi connectivity index (χ0v) is 12.9. The van der Waals surface area contributed by atoms with Crippen molar-refractivity contribution in [1.29, 1.82) is 0 Å². The molecule has 0 bridgehead atoms. The first-order chi connectivity index (χ1) is 8.63. The van der Waals surface area contributed by atoms with Crippen molar-refractivity contribution in [2.45, 2.75) is 13.3 Å². The van der Waals surface area contributed by atoms with E-state index in [9.17, 15) is 4.79 Å². The first-order valence-electron chi connectivity index (χ1n) is 5.82. The van der Waals surface area contributed by atoms with Crippen LogP contribution >= 0.6 is 27.5 Å². The Morgan fingerprint density at radius 3 is 2.78 bits per heavy atom. The van der Waals surface area contributed by atoms with E-state index in [4.69, 9.17) is 16.3 Å². The normalized spacial score (nSPS) is 10.2. The Hall–Kier alpha value is -0.740. The Morgan fingerprint density at radius 2 is 2.22 bits per heavy atom. The van der Waals surface area contributed by atoms with Crippen molar-refractivity contribution in [3.63, 3.8) is 0 Å². The lowest BCUT2D eigenvalue weighted by atomic mass is 10.1. The molecule has 3 nitrogen and oxygen atoms in total. The molecule has 0 aromatic heterocycles. The molecule has 18 heavy (non-hydrogen) atoms. The third-order valence-electron chi connectivity index (χ3n) is 2.62. The maximum atomic E-state index is 12.4. The number of hydrogen-bond donors (Lipinski definition) is 0. The van der Waals surface area contributed by atoms with Crippen molar-refractivity contribution in [1.82, 2.24) is 4.90 Å². The molecule has 0 aliphatic heterocycles. The lowest BCUT2D eigenvalue weighted by Crippen LogP contribution is -2.32. The highest BCUT2D eigenvalue weighted by Crippen LogP contribution is 2.24. The molecule has 1 amide bonds. The van der Waals surface area contributed by atoms with Gasteiger partial charge in [0.25, 0.3) is 5.91 Å². The SMILES string of the molecule is CCN(CCCBr)C(=O)c1ccc(Cl)cc1OC. The number of amides is 1.